The summed E-state index contributed by atoms with van der Waals surface area (Å²) < 4.78 is 46.2. The second kappa shape index (κ2) is 76.0. The Kier molecular flexibility index (Phi) is 111. The summed E-state index contributed by atoms with van der Waals surface area (Å²) in [5, 5.41) is 178. The number of rotatable bonds is 12. The van der Waals surface area contributed by atoms with Crippen LogP contribution in [0.15, 0.2) is 48.5 Å². The van der Waals surface area contributed by atoms with Gasteiger partial charge in [0.2, 0.25) is 18.1 Å². The zero-order valence-electron chi connectivity index (χ0n) is 46.2. The van der Waals surface area contributed by atoms with Crippen molar-refractivity contribution in [2.45, 2.75) is 88.1 Å². The molecule has 4 fully saturated rings. The van der Waals surface area contributed by atoms with Crippen LogP contribution in [0.4, 0.5) is 0 Å². The first kappa shape index (κ1) is 126. The van der Waals surface area contributed by atoms with E-state index in [2.05, 4.69) is 27.1 Å². The summed E-state index contributed by atoms with van der Waals surface area (Å²) in [4.78, 5) is 0. The van der Waals surface area contributed by atoms with Crippen molar-refractivity contribution in [1.82, 2.24) is 0 Å². The van der Waals surface area contributed by atoms with Crippen LogP contribution in [0.1, 0.15) is 87.0 Å². The molecule has 0 heterocycles. The van der Waals surface area contributed by atoms with Crippen molar-refractivity contribution in [3.8, 4) is 0 Å². The number of benzene rings is 2. The molecule has 0 spiro atoms. The molecule has 4 aliphatic rings. The average Bonchev–Trinajstić information content (AvgIpc) is 3.99. The normalized spacial score (nSPS) is 22.2. The van der Waals surface area contributed by atoms with E-state index in [1.165, 1.54) is 19.3 Å². The fourth-order valence-corrected chi connectivity index (χ4v) is 14.6. The van der Waals surface area contributed by atoms with Crippen molar-refractivity contribution in [2.24, 2.45) is 47.3 Å². The Hall–Kier alpha value is -1.44. The van der Waals surface area contributed by atoms with Crippen molar-refractivity contribution in [1.29, 1.82) is 0 Å². The molecule has 4 aliphatic carbocycles. The molecule has 2 radical (unpaired) electrons. The first-order valence-corrected chi connectivity index (χ1v) is 26.6. The maximum Gasteiger partial charge on any atom is 0.243 e. The second-order valence-corrected chi connectivity index (χ2v) is 21.9. The van der Waals surface area contributed by atoms with E-state index in [0.29, 0.717) is 61.2 Å². The van der Waals surface area contributed by atoms with Crippen molar-refractivity contribution in [2.75, 3.05) is 46.2 Å². The van der Waals surface area contributed by atoms with E-state index in [9.17, 15) is 37.3 Å². The summed E-state index contributed by atoms with van der Waals surface area (Å²) in [7, 11) is 3.40. The molecule has 0 amide bonds. The molecule has 86 heavy (non-hydrogen) atoms. The predicted molar refractivity (Wildman–Crippen MR) is 291 cm³/mol. The predicted octanol–water partition coefficient (Wildman–Crippen LogP) is -3.05. The molecule has 542 valence electrons. The van der Waals surface area contributed by atoms with Crippen LogP contribution in [0.3, 0.4) is 0 Å². The van der Waals surface area contributed by atoms with Crippen LogP contribution >= 0.6 is 21.4 Å². The van der Waals surface area contributed by atoms with E-state index < -0.39 is 64.5 Å². The smallest absolute Gasteiger partial charge is 0.243 e. The monoisotopic (exact) mass is 1470 g/mol. The quantitative estimate of drug-likeness (QED) is 0.0434. The van der Waals surface area contributed by atoms with Crippen LogP contribution in [0.5, 0.6) is 0 Å². The van der Waals surface area contributed by atoms with Gasteiger partial charge in [0.25, 0.3) is 0 Å². The van der Waals surface area contributed by atoms with Gasteiger partial charge in [0, 0.05) is 100 Å². The minimum Gasteiger partial charge on any atom is -0.854 e. The van der Waals surface area contributed by atoms with Crippen molar-refractivity contribution >= 4 is 39.5 Å². The Balaban J connectivity index is -0.0000000493. The SMILES string of the molecule is CCC1CCC1CO.Cc1ccc(C2(S(=O)(=O)Cl)C(C[O-])CCC2CO)cc1.Cc1ccc(C2(S(=O)(=O)Cl)C(C[O-])CCC2CO)cc1.O.O.O.O.O.O.O.O.OCC1CCC1CO.OO.OO.OO.OO.OOO.OOO.OOO.OOO.[Cu].[Cu]. The summed E-state index contributed by atoms with van der Waals surface area (Å²) in [5.41, 5.74) is 3.01. The fraction of sp³-hybridized carbons (Fsp3) is 0.707. The molecule has 0 bridgehead atoms. The minimum atomic E-state index is -4.04. The molecule has 0 saturated heterocycles. The molecule has 39 nitrogen and oxygen atoms in total. The van der Waals surface area contributed by atoms with Crippen LogP contribution < -0.4 is 10.2 Å². The zero-order chi connectivity index (χ0) is 60.7. The Morgan fingerprint density at radius 3 is 0.721 bits per heavy atom. The molecule has 6 rings (SSSR count). The first-order chi connectivity index (χ1) is 36.2. The van der Waals surface area contributed by atoms with E-state index in [1.807, 2.05) is 13.8 Å². The number of aliphatic hydroxyl groups is 5. The van der Waals surface area contributed by atoms with Gasteiger partial charge < -0.3 is 79.6 Å². The summed E-state index contributed by atoms with van der Waals surface area (Å²) in [5.74, 6) is 0.0213. The summed E-state index contributed by atoms with van der Waals surface area (Å²) in [6.45, 7) is 5.30. The largest absolute Gasteiger partial charge is 0.854 e. The van der Waals surface area contributed by atoms with Crippen LogP contribution in [0, 0.1) is 61.2 Å². The summed E-state index contributed by atoms with van der Waals surface area (Å²) >= 11 is 0. The minimum absolute atomic E-state index is 0. The molecular formula is C41H94Cl2Cu2O39S2-2. The Labute approximate surface area is 524 Å². The van der Waals surface area contributed by atoms with Crippen molar-refractivity contribution in [3.05, 3.63) is 70.8 Å². The molecule has 10 unspecified atom stereocenters. The van der Waals surface area contributed by atoms with E-state index in [1.54, 1.807) is 48.5 Å². The first-order valence-electron chi connectivity index (χ1n) is 22.0. The van der Waals surface area contributed by atoms with Crippen LogP contribution in [0.25, 0.3) is 0 Å². The Bertz CT molecular complexity index is 1630. The molecule has 0 aliphatic heterocycles. The number of aryl methyl sites for hydroxylation is 2. The maximum absolute atomic E-state index is 12.3. The van der Waals surface area contributed by atoms with E-state index in [4.69, 9.17) is 121 Å². The molecule has 2 aromatic carbocycles. The van der Waals surface area contributed by atoms with Crippen LogP contribution in [-0.2, 0) is 81.9 Å². The van der Waals surface area contributed by atoms with Gasteiger partial charge in [-0.25, -0.2) is 58.9 Å². The van der Waals surface area contributed by atoms with Gasteiger partial charge in [-0.05, 0) is 112 Å². The van der Waals surface area contributed by atoms with E-state index in [-0.39, 0.29) is 104 Å². The van der Waals surface area contributed by atoms with Gasteiger partial charge >= 0.3 is 0 Å². The average molecular weight is 1470 g/mol. The molecule has 2 aromatic rings. The molecular weight excluding hydrogens is 1380 g/mol. The molecule has 45 heteroatoms. The van der Waals surface area contributed by atoms with E-state index >= 15 is 0 Å². The number of hydrogen-bond acceptors (Lipinski definition) is 31. The molecule has 37 N–H and O–H groups in total. The van der Waals surface area contributed by atoms with Gasteiger partial charge in [-0.3, -0.25) is 42.1 Å². The fourth-order valence-electron chi connectivity index (χ4n) is 9.38. The molecule has 10 atom stereocenters. The van der Waals surface area contributed by atoms with Crippen molar-refractivity contribution < 1.29 is 235 Å². The van der Waals surface area contributed by atoms with Crippen LogP contribution in [0.2, 0.25) is 0 Å². The topological polar surface area (TPSA) is 828 Å². The number of hydrogen-bond donors (Lipinski definition) is 21. The second-order valence-electron chi connectivity index (χ2n) is 16.3. The van der Waals surface area contributed by atoms with Gasteiger partial charge in [-0.15, -0.1) is 13.2 Å². The van der Waals surface area contributed by atoms with Gasteiger partial charge in [-0.1, -0.05) is 93.2 Å². The van der Waals surface area contributed by atoms with Crippen LogP contribution in [-0.4, -0.2) is 217 Å². The third-order valence-electron chi connectivity index (χ3n) is 13.2. The van der Waals surface area contributed by atoms with E-state index in [0.717, 1.165) is 29.9 Å². The Morgan fingerprint density at radius 2 is 0.593 bits per heavy atom. The summed E-state index contributed by atoms with van der Waals surface area (Å²) in [6.07, 6.45) is 7.97. The van der Waals surface area contributed by atoms with Gasteiger partial charge in [0.15, 0.2) is 0 Å². The molecule has 4 saturated carbocycles. The number of halogens is 2. The van der Waals surface area contributed by atoms with Crippen molar-refractivity contribution in [3.63, 3.8) is 0 Å². The number of aliphatic hydroxyl groups excluding tert-OH is 5. The van der Waals surface area contributed by atoms with Gasteiger partial charge in [0.05, 0.1) is 0 Å². The zero-order valence-corrected chi connectivity index (χ0v) is 51.2. The standard InChI is InChI=1S/2C14H18ClO4S.C7H14O.C6H12O2.2Cu.4H2O3.4H2O2.8H2O/c2*1-10-2-4-11(5-3-10)14(20(15,18)19)12(8-16)6-7-13(14)9-17;1-2-6-3-4-7(6)5-8;7-3-5-1-2-6(5)4-8;;;4*1-3-2;4*1-2;;;;;;;;/h2*2-5,12-13,16H,6-9H2,1H3;6-8H,2-5H2,1H3;5-8H,1-4H2;;;4*1-2H;4*1-2H;8*1H2/q2*-1;;;;;;;;;;;;;;;;;;;;. The third kappa shape index (κ3) is 40.4. The van der Waals surface area contributed by atoms with Gasteiger partial charge in [-0.2, -0.15) is 0 Å². The Morgan fingerprint density at radius 1 is 0.407 bits per heavy atom. The third-order valence-corrected chi connectivity index (χ3v) is 18.1. The van der Waals surface area contributed by atoms with Gasteiger partial charge in [0.1, 0.15) is 9.49 Å². The maximum atomic E-state index is 12.3. The molecule has 0 aromatic heterocycles. The summed E-state index contributed by atoms with van der Waals surface area (Å²) in [6, 6.07) is 14.0.